The molecule has 4 unspecified atom stereocenters. The topological polar surface area (TPSA) is 18.5 Å². The minimum Gasteiger partial charge on any atom is -0.370 e. The van der Waals surface area contributed by atoms with Crippen molar-refractivity contribution in [3.63, 3.8) is 0 Å². The molecule has 0 N–H and O–H groups in total. The summed E-state index contributed by atoms with van der Waals surface area (Å²) >= 11 is 15.0. The molecule has 2 aliphatic rings. The third-order valence-corrected chi connectivity index (χ3v) is 7.39. The van der Waals surface area contributed by atoms with Gasteiger partial charge in [-0.15, -0.1) is 0 Å². The fourth-order valence-corrected chi connectivity index (χ4v) is 6.23. The van der Waals surface area contributed by atoms with Crippen LogP contribution in [0.2, 0.25) is 10.0 Å². The van der Waals surface area contributed by atoms with Crippen LogP contribution < -0.4 is 0 Å². The first-order chi connectivity index (χ1) is 10.3. The van der Waals surface area contributed by atoms with E-state index in [1.165, 1.54) is 0 Å². The first-order valence-electron chi connectivity index (χ1n) is 7.67. The summed E-state index contributed by atoms with van der Waals surface area (Å²) in [6, 6.07) is 5.55. The lowest BCUT2D eigenvalue weighted by atomic mass is 9.75. The third-order valence-electron chi connectivity index (χ3n) is 5.19. The van der Waals surface area contributed by atoms with Gasteiger partial charge in [0.15, 0.2) is 0 Å². The molecule has 4 atom stereocenters. The van der Waals surface area contributed by atoms with E-state index in [2.05, 4.69) is 43.4 Å². The molecule has 122 valence electrons. The molecule has 0 aromatic heterocycles. The summed E-state index contributed by atoms with van der Waals surface area (Å²) in [5, 5.41) is 1.32. The fraction of sp³-hybridized carbons (Fsp3) is 0.647. The maximum absolute atomic E-state index is 6.48. The highest BCUT2D eigenvalue weighted by Gasteiger charge is 2.65. The SMILES string of the molecule is CC(C)C12CC(OCc3c(Cl)cccc3Cl)C(C)(CC1I)O2. The Morgan fingerprint density at radius 2 is 1.95 bits per heavy atom. The van der Waals surface area contributed by atoms with Gasteiger partial charge in [0.1, 0.15) is 0 Å². The van der Waals surface area contributed by atoms with Crippen LogP contribution in [0.25, 0.3) is 0 Å². The van der Waals surface area contributed by atoms with Crippen LogP contribution in [0.1, 0.15) is 39.2 Å². The van der Waals surface area contributed by atoms with Crippen LogP contribution in [0.15, 0.2) is 18.2 Å². The van der Waals surface area contributed by atoms with E-state index in [-0.39, 0.29) is 17.3 Å². The van der Waals surface area contributed by atoms with Gasteiger partial charge < -0.3 is 9.47 Å². The van der Waals surface area contributed by atoms with E-state index in [1.54, 1.807) is 0 Å². The van der Waals surface area contributed by atoms with Crippen LogP contribution in [-0.2, 0) is 16.1 Å². The molecule has 0 saturated carbocycles. The molecule has 3 rings (SSSR count). The number of rotatable bonds is 4. The van der Waals surface area contributed by atoms with Gasteiger partial charge in [-0.1, -0.05) is 65.7 Å². The van der Waals surface area contributed by atoms with E-state index in [0.717, 1.165) is 18.4 Å². The van der Waals surface area contributed by atoms with E-state index in [1.807, 2.05) is 18.2 Å². The van der Waals surface area contributed by atoms with E-state index in [9.17, 15) is 0 Å². The highest BCUT2D eigenvalue weighted by Crippen LogP contribution is 2.57. The second-order valence-corrected chi connectivity index (χ2v) is 9.22. The Labute approximate surface area is 156 Å². The van der Waals surface area contributed by atoms with Crippen molar-refractivity contribution in [2.75, 3.05) is 0 Å². The lowest BCUT2D eigenvalue weighted by molar-refractivity contribution is -0.0953. The van der Waals surface area contributed by atoms with Crippen LogP contribution in [0.4, 0.5) is 0 Å². The van der Waals surface area contributed by atoms with Gasteiger partial charge in [0.05, 0.1) is 23.9 Å². The van der Waals surface area contributed by atoms with Gasteiger partial charge in [-0.3, -0.25) is 0 Å². The molecule has 0 radical (unpaired) electrons. The van der Waals surface area contributed by atoms with Crippen molar-refractivity contribution < 1.29 is 9.47 Å². The van der Waals surface area contributed by atoms with E-state index >= 15 is 0 Å². The Morgan fingerprint density at radius 1 is 1.32 bits per heavy atom. The van der Waals surface area contributed by atoms with Gasteiger partial charge in [0, 0.05) is 26.0 Å². The summed E-state index contributed by atoms with van der Waals surface area (Å²) in [6.07, 6.45) is 2.07. The summed E-state index contributed by atoms with van der Waals surface area (Å²) in [5.41, 5.74) is 0.593. The minimum atomic E-state index is -0.205. The number of ether oxygens (including phenoxy) is 2. The standard InChI is InChI=1S/C17H21Cl2IO2/c1-10(2)17-8-15(16(3,22-17)7-14(17)20)21-9-11-12(18)5-4-6-13(11)19/h4-6,10,14-15H,7-9H2,1-3H3. The molecule has 0 aliphatic carbocycles. The van der Waals surface area contributed by atoms with Crippen LogP contribution in [0.5, 0.6) is 0 Å². The summed E-state index contributed by atoms with van der Waals surface area (Å²) < 4.78 is 13.2. The predicted octanol–water partition coefficient (Wildman–Crippen LogP) is 5.66. The number of hydrogen-bond acceptors (Lipinski definition) is 2. The zero-order valence-electron chi connectivity index (χ0n) is 13.0. The van der Waals surface area contributed by atoms with Gasteiger partial charge in [-0.2, -0.15) is 0 Å². The Bertz CT molecular complexity index is 560. The summed E-state index contributed by atoms with van der Waals surface area (Å²) in [7, 11) is 0. The largest absolute Gasteiger partial charge is 0.370 e. The van der Waals surface area contributed by atoms with Crippen molar-refractivity contribution in [3.8, 4) is 0 Å². The second kappa shape index (κ2) is 6.07. The van der Waals surface area contributed by atoms with Gasteiger partial charge in [-0.25, -0.2) is 0 Å². The molecule has 2 aliphatic heterocycles. The minimum absolute atomic E-state index is 0.0652. The molecule has 0 spiro atoms. The first kappa shape index (κ1) is 17.3. The Balaban J connectivity index is 1.75. The first-order valence-corrected chi connectivity index (χ1v) is 9.67. The lowest BCUT2D eigenvalue weighted by Gasteiger charge is -2.35. The normalized spacial score (nSPS) is 37.2. The van der Waals surface area contributed by atoms with Crippen molar-refractivity contribution in [2.24, 2.45) is 5.92 Å². The molecule has 2 bridgehead atoms. The molecular formula is C17H21Cl2IO2. The highest BCUT2D eigenvalue weighted by atomic mass is 127. The van der Waals surface area contributed by atoms with E-state index < -0.39 is 0 Å². The van der Waals surface area contributed by atoms with E-state index in [0.29, 0.717) is 26.5 Å². The van der Waals surface area contributed by atoms with E-state index in [4.69, 9.17) is 32.7 Å². The molecule has 5 heteroatoms. The van der Waals surface area contributed by atoms with Crippen LogP contribution in [0.3, 0.4) is 0 Å². The number of alkyl halides is 1. The maximum Gasteiger partial charge on any atom is 0.0935 e. The molecule has 0 amide bonds. The maximum atomic E-state index is 6.48. The van der Waals surface area contributed by atoms with Crippen molar-refractivity contribution in [1.29, 1.82) is 0 Å². The third kappa shape index (κ3) is 2.71. The zero-order chi connectivity index (χ0) is 16.1. The molecule has 1 aromatic carbocycles. The van der Waals surface area contributed by atoms with Gasteiger partial charge in [-0.05, 0) is 31.4 Å². The lowest BCUT2D eigenvalue weighted by Crippen LogP contribution is -2.44. The number of benzene rings is 1. The average molecular weight is 455 g/mol. The zero-order valence-corrected chi connectivity index (χ0v) is 16.7. The molecule has 2 fully saturated rings. The van der Waals surface area contributed by atoms with Crippen molar-refractivity contribution in [3.05, 3.63) is 33.8 Å². The summed E-state index contributed by atoms with van der Waals surface area (Å²) in [5.74, 6) is 0.480. The Hall–Kier alpha value is 0.450. The molecular weight excluding hydrogens is 434 g/mol. The molecule has 2 saturated heterocycles. The van der Waals surface area contributed by atoms with Crippen molar-refractivity contribution >= 4 is 45.8 Å². The Morgan fingerprint density at radius 3 is 2.50 bits per heavy atom. The Kier molecular flexibility index (Phi) is 4.77. The highest BCUT2D eigenvalue weighted by molar-refractivity contribution is 14.1. The quantitative estimate of drug-likeness (QED) is 0.431. The van der Waals surface area contributed by atoms with Gasteiger partial charge in [0.25, 0.3) is 0 Å². The monoisotopic (exact) mass is 454 g/mol. The van der Waals surface area contributed by atoms with Crippen LogP contribution in [0, 0.1) is 5.92 Å². The number of halogens is 3. The fourth-order valence-electron chi connectivity index (χ4n) is 3.75. The molecule has 2 heterocycles. The van der Waals surface area contributed by atoms with Crippen LogP contribution >= 0.6 is 45.8 Å². The number of hydrogen-bond donors (Lipinski definition) is 0. The summed E-state index contributed by atoms with van der Waals surface area (Å²) in [6.45, 7) is 7.09. The van der Waals surface area contributed by atoms with Gasteiger partial charge >= 0.3 is 0 Å². The van der Waals surface area contributed by atoms with Crippen LogP contribution in [-0.4, -0.2) is 21.2 Å². The smallest absolute Gasteiger partial charge is 0.0935 e. The van der Waals surface area contributed by atoms with Gasteiger partial charge in [0.2, 0.25) is 0 Å². The predicted molar refractivity (Wildman–Crippen MR) is 99.1 cm³/mol. The summed E-state index contributed by atoms with van der Waals surface area (Å²) in [4.78, 5) is 0. The molecule has 1 aromatic rings. The molecule has 2 nitrogen and oxygen atoms in total. The van der Waals surface area contributed by atoms with Crippen molar-refractivity contribution in [2.45, 2.75) is 61.5 Å². The number of fused-ring (bicyclic) bond motifs is 2. The molecule has 22 heavy (non-hydrogen) atoms. The average Bonchev–Trinajstić information content (AvgIpc) is 2.86. The second-order valence-electron chi connectivity index (χ2n) is 6.90. The van der Waals surface area contributed by atoms with Crippen molar-refractivity contribution in [1.82, 2.24) is 0 Å².